The van der Waals surface area contributed by atoms with Gasteiger partial charge < -0.3 is 29.9 Å². The standard InChI is InChI=1S/C23H31FN3O8PS/c1-14(2)33-20(29)15(3)12-36(31,35-16-7-5-4-6-8-16)32-11-17-19(28)23(30,13-24)21(34-17)27-10-9-18(25)26-22(27)37/h4-10,14-15,17,19,21,28,30H,11-13H2,1-3H3,(H2,25,26,37)/t15-,17-,19+,21-,23?,36?/m1/s1. The Bertz CT molecular complexity index is 1190. The summed E-state index contributed by atoms with van der Waals surface area (Å²) in [5, 5.41) is 21.7. The van der Waals surface area contributed by atoms with E-state index in [0.717, 1.165) is 4.57 Å². The second-order valence-corrected chi connectivity index (χ2v) is 11.4. The molecule has 4 N–H and O–H groups in total. The number of aliphatic hydroxyl groups is 2. The number of aromatic nitrogens is 2. The Kier molecular flexibility index (Phi) is 9.43. The highest BCUT2D eigenvalue weighted by molar-refractivity contribution is 7.71. The van der Waals surface area contributed by atoms with Gasteiger partial charge in [-0.05, 0) is 44.3 Å². The molecule has 14 heteroatoms. The smallest absolute Gasteiger partial charge is 0.380 e. The Morgan fingerprint density at radius 1 is 1.32 bits per heavy atom. The lowest BCUT2D eigenvalue weighted by Crippen LogP contribution is -2.49. The van der Waals surface area contributed by atoms with Crippen molar-refractivity contribution in [3.05, 3.63) is 47.4 Å². The van der Waals surface area contributed by atoms with Crippen molar-refractivity contribution < 1.29 is 42.5 Å². The molecule has 0 radical (unpaired) electrons. The molecule has 1 aliphatic rings. The summed E-state index contributed by atoms with van der Waals surface area (Å²) >= 11 is 5.14. The molecule has 6 atom stereocenters. The van der Waals surface area contributed by atoms with Crippen molar-refractivity contribution in [1.82, 2.24) is 9.55 Å². The third kappa shape index (κ3) is 6.92. The number of aliphatic hydroxyl groups excluding tert-OH is 1. The quantitative estimate of drug-likeness (QED) is 0.211. The third-order valence-corrected chi connectivity index (χ3v) is 7.92. The number of anilines is 1. The van der Waals surface area contributed by atoms with Gasteiger partial charge >= 0.3 is 13.6 Å². The summed E-state index contributed by atoms with van der Waals surface area (Å²) in [4.78, 5) is 16.2. The lowest BCUT2D eigenvalue weighted by Gasteiger charge is -2.29. The van der Waals surface area contributed by atoms with Gasteiger partial charge in [0.05, 0.1) is 24.8 Å². The van der Waals surface area contributed by atoms with Crippen molar-refractivity contribution in [3.63, 3.8) is 0 Å². The van der Waals surface area contributed by atoms with Gasteiger partial charge in [0.15, 0.2) is 11.8 Å². The summed E-state index contributed by atoms with van der Waals surface area (Å²) in [6.45, 7) is 2.93. The number of esters is 1. The fourth-order valence-electron chi connectivity index (χ4n) is 3.72. The Balaban J connectivity index is 1.82. The first-order valence-corrected chi connectivity index (χ1v) is 13.7. The van der Waals surface area contributed by atoms with Gasteiger partial charge in [0.2, 0.25) is 4.77 Å². The second-order valence-electron chi connectivity index (χ2n) is 9.02. The summed E-state index contributed by atoms with van der Waals surface area (Å²) in [5.74, 6) is -1.13. The van der Waals surface area contributed by atoms with Gasteiger partial charge in [-0.2, -0.15) is 0 Å². The van der Waals surface area contributed by atoms with E-state index >= 15 is 0 Å². The van der Waals surface area contributed by atoms with Gasteiger partial charge in [-0.25, -0.2) is 13.9 Å². The first kappa shape index (κ1) is 29.2. The van der Waals surface area contributed by atoms with Crippen molar-refractivity contribution in [2.24, 2.45) is 5.92 Å². The predicted molar refractivity (Wildman–Crippen MR) is 134 cm³/mol. The van der Waals surface area contributed by atoms with Gasteiger partial charge in [0.1, 0.15) is 30.4 Å². The number of hydrogen-bond acceptors (Lipinski definition) is 11. The predicted octanol–water partition coefficient (Wildman–Crippen LogP) is 3.03. The molecule has 1 aliphatic heterocycles. The summed E-state index contributed by atoms with van der Waals surface area (Å²) in [6, 6.07) is 9.54. The van der Waals surface area contributed by atoms with Gasteiger partial charge in [-0.3, -0.25) is 13.9 Å². The summed E-state index contributed by atoms with van der Waals surface area (Å²) < 4.78 is 51.0. The van der Waals surface area contributed by atoms with Crippen LogP contribution in [0, 0.1) is 10.7 Å². The highest BCUT2D eigenvalue weighted by Crippen LogP contribution is 2.51. The maximum Gasteiger partial charge on any atom is 0.380 e. The Morgan fingerprint density at radius 2 is 2.00 bits per heavy atom. The first-order chi connectivity index (χ1) is 17.4. The number of rotatable bonds is 11. The Morgan fingerprint density at radius 3 is 2.59 bits per heavy atom. The number of halogens is 1. The molecule has 2 unspecified atom stereocenters. The lowest BCUT2D eigenvalue weighted by molar-refractivity contribution is -0.151. The molecular formula is C23H31FN3O8PS. The molecule has 0 amide bonds. The number of para-hydroxylation sites is 1. The van der Waals surface area contributed by atoms with Crippen molar-refractivity contribution in [1.29, 1.82) is 0 Å². The number of alkyl halides is 1. The van der Waals surface area contributed by atoms with E-state index in [9.17, 15) is 24.0 Å². The second kappa shape index (κ2) is 12.0. The van der Waals surface area contributed by atoms with Crippen molar-refractivity contribution >= 4 is 31.6 Å². The van der Waals surface area contributed by atoms with E-state index in [-0.39, 0.29) is 28.6 Å². The maximum absolute atomic E-state index is 14.0. The molecule has 2 aromatic rings. The summed E-state index contributed by atoms with van der Waals surface area (Å²) in [6.07, 6.45) is -3.99. The molecule has 3 rings (SSSR count). The van der Waals surface area contributed by atoms with Crippen molar-refractivity contribution in [3.8, 4) is 5.75 Å². The van der Waals surface area contributed by atoms with E-state index in [1.54, 1.807) is 44.2 Å². The van der Waals surface area contributed by atoms with Gasteiger partial charge in [-0.1, -0.05) is 25.1 Å². The average Bonchev–Trinajstić information content (AvgIpc) is 3.08. The van der Waals surface area contributed by atoms with Gasteiger partial charge in [-0.15, -0.1) is 0 Å². The number of nitrogens with zero attached hydrogens (tertiary/aromatic N) is 2. The van der Waals surface area contributed by atoms with E-state index in [2.05, 4.69) is 4.98 Å². The monoisotopic (exact) mass is 559 g/mol. The zero-order valence-corrected chi connectivity index (χ0v) is 22.3. The fourth-order valence-corrected chi connectivity index (χ4v) is 5.85. The number of hydrogen-bond donors (Lipinski definition) is 3. The van der Waals surface area contributed by atoms with Crippen LogP contribution in [0.15, 0.2) is 42.6 Å². The minimum absolute atomic E-state index is 0.104. The Labute approximate surface area is 218 Å². The normalized spacial score (nSPS) is 26.0. The van der Waals surface area contributed by atoms with Crippen LogP contribution in [0.1, 0.15) is 27.0 Å². The van der Waals surface area contributed by atoms with Crippen LogP contribution in [0.25, 0.3) is 0 Å². The summed E-state index contributed by atoms with van der Waals surface area (Å²) in [7, 11) is -4.06. The molecule has 37 heavy (non-hydrogen) atoms. The largest absolute Gasteiger partial charge is 0.463 e. The number of ether oxygens (including phenoxy) is 2. The van der Waals surface area contributed by atoms with Gasteiger partial charge in [0.25, 0.3) is 0 Å². The van der Waals surface area contributed by atoms with Crippen LogP contribution in [0.2, 0.25) is 0 Å². The van der Waals surface area contributed by atoms with E-state index in [4.69, 9.17) is 36.5 Å². The number of carbonyl (C=O) groups is 1. The molecule has 2 heterocycles. The molecule has 0 saturated carbocycles. The maximum atomic E-state index is 14.0. The highest BCUT2D eigenvalue weighted by Gasteiger charge is 2.57. The molecule has 1 fully saturated rings. The van der Waals surface area contributed by atoms with Crippen LogP contribution in [0.5, 0.6) is 5.75 Å². The molecule has 0 spiro atoms. The van der Waals surface area contributed by atoms with E-state index in [1.807, 2.05) is 0 Å². The molecule has 204 valence electrons. The Hall–Kier alpha value is -2.41. The van der Waals surface area contributed by atoms with Crippen LogP contribution >= 0.6 is 19.8 Å². The minimum atomic E-state index is -4.06. The average molecular weight is 560 g/mol. The highest BCUT2D eigenvalue weighted by atomic mass is 32.1. The molecular weight excluding hydrogens is 528 g/mol. The fraction of sp³-hybridized carbons (Fsp3) is 0.522. The minimum Gasteiger partial charge on any atom is -0.463 e. The van der Waals surface area contributed by atoms with Crippen LogP contribution in [-0.4, -0.2) is 69.1 Å². The van der Waals surface area contributed by atoms with Crippen LogP contribution in [0.3, 0.4) is 0 Å². The zero-order valence-electron chi connectivity index (χ0n) is 20.6. The number of nitrogen functional groups attached to an aromatic ring is 1. The van der Waals surface area contributed by atoms with E-state index in [0.29, 0.717) is 0 Å². The molecule has 11 nitrogen and oxygen atoms in total. The van der Waals surface area contributed by atoms with Gasteiger partial charge in [0, 0.05) is 6.20 Å². The number of benzene rings is 1. The first-order valence-electron chi connectivity index (χ1n) is 11.5. The van der Waals surface area contributed by atoms with E-state index in [1.165, 1.54) is 19.2 Å². The van der Waals surface area contributed by atoms with E-state index < -0.39 is 56.8 Å². The molecule has 1 saturated heterocycles. The summed E-state index contributed by atoms with van der Waals surface area (Å²) in [5.41, 5.74) is 3.20. The SMILES string of the molecule is CC(C)OC(=O)[C@H](C)CP(=O)(OC[C@H]1O[C@@H](n2ccc(N)nc2=S)C(O)(CF)[C@H]1O)Oc1ccccc1. The van der Waals surface area contributed by atoms with Crippen molar-refractivity contribution in [2.45, 2.75) is 50.9 Å². The molecule has 0 bridgehead atoms. The topological polar surface area (TPSA) is 155 Å². The van der Waals surface area contributed by atoms with Crippen LogP contribution in [-0.2, 0) is 23.4 Å². The number of nitrogens with two attached hydrogens (primary N) is 1. The zero-order chi connectivity index (χ0) is 27.4. The molecule has 1 aromatic heterocycles. The van der Waals surface area contributed by atoms with Crippen LogP contribution < -0.4 is 10.3 Å². The van der Waals surface area contributed by atoms with Crippen LogP contribution in [0.4, 0.5) is 10.2 Å². The molecule has 0 aliphatic carbocycles. The van der Waals surface area contributed by atoms with Crippen molar-refractivity contribution in [2.75, 3.05) is 25.2 Å². The lowest BCUT2D eigenvalue weighted by atomic mass is 9.95. The molecule has 1 aromatic carbocycles. The number of carbonyl (C=O) groups excluding carboxylic acids is 1. The third-order valence-electron chi connectivity index (χ3n) is 5.59.